The molecule has 0 aliphatic carbocycles. The standard InChI is InChI=1S/C26H14N2O6/c1-27-23(31)11-5-3-9-20-16(30)8-14-18-12(24(32)28(2)26(14)34)6-4-10(22(18)20)19-15(29)7-13(25(27)33)17(11)21(9)19/h3-8,31-32H,1-2H3. The molecule has 8 heteroatoms. The molecular formula is C26H14N2O6. The van der Waals surface area contributed by atoms with E-state index in [-0.39, 0.29) is 22.5 Å². The zero-order chi connectivity index (χ0) is 23.8. The van der Waals surface area contributed by atoms with Crippen molar-refractivity contribution in [3.8, 4) is 11.8 Å². The highest BCUT2D eigenvalue weighted by Crippen LogP contribution is 2.44. The summed E-state index contributed by atoms with van der Waals surface area (Å²) in [4.78, 5) is 52.7. The predicted molar refractivity (Wildman–Crippen MR) is 131 cm³/mol. The highest BCUT2D eigenvalue weighted by Gasteiger charge is 2.25. The van der Waals surface area contributed by atoms with Crippen molar-refractivity contribution in [1.82, 2.24) is 9.13 Å². The molecule has 5 aromatic carbocycles. The highest BCUT2D eigenvalue weighted by molar-refractivity contribution is 6.39. The maximum absolute atomic E-state index is 13.4. The van der Waals surface area contributed by atoms with Crippen LogP contribution in [0.1, 0.15) is 0 Å². The monoisotopic (exact) mass is 450 g/mol. The summed E-state index contributed by atoms with van der Waals surface area (Å²) >= 11 is 0. The number of hydrogen-bond acceptors (Lipinski definition) is 6. The van der Waals surface area contributed by atoms with Crippen LogP contribution in [0.2, 0.25) is 0 Å². The Morgan fingerprint density at radius 3 is 1.24 bits per heavy atom. The minimum absolute atomic E-state index is 0.158. The van der Waals surface area contributed by atoms with Crippen LogP contribution < -0.4 is 22.0 Å². The Hall–Kier alpha value is -4.72. The van der Waals surface area contributed by atoms with E-state index < -0.39 is 22.0 Å². The van der Waals surface area contributed by atoms with Crippen LogP contribution >= 0.6 is 0 Å². The number of benzene rings is 5. The van der Waals surface area contributed by atoms with Crippen LogP contribution in [-0.2, 0) is 14.1 Å². The van der Waals surface area contributed by atoms with E-state index in [1.54, 1.807) is 24.3 Å². The Morgan fingerprint density at radius 2 is 0.853 bits per heavy atom. The quantitative estimate of drug-likeness (QED) is 0.271. The second-order valence-corrected chi connectivity index (χ2v) is 8.79. The zero-order valence-corrected chi connectivity index (χ0v) is 17.9. The average molecular weight is 450 g/mol. The van der Waals surface area contributed by atoms with E-state index in [1.165, 1.54) is 26.2 Å². The van der Waals surface area contributed by atoms with Crippen molar-refractivity contribution in [3.63, 3.8) is 0 Å². The van der Waals surface area contributed by atoms with Gasteiger partial charge in [-0.15, -0.1) is 0 Å². The molecule has 0 spiro atoms. The molecule has 0 radical (unpaired) electrons. The minimum Gasteiger partial charge on any atom is -0.494 e. The van der Waals surface area contributed by atoms with Gasteiger partial charge in [0, 0.05) is 57.2 Å². The van der Waals surface area contributed by atoms with Crippen LogP contribution in [-0.4, -0.2) is 19.3 Å². The molecule has 34 heavy (non-hydrogen) atoms. The molecule has 0 unspecified atom stereocenters. The van der Waals surface area contributed by atoms with Gasteiger partial charge in [-0.2, -0.15) is 0 Å². The van der Waals surface area contributed by atoms with Crippen molar-refractivity contribution in [1.29, 1.82) is 0 Å². The van der Waals surface area contributed by atoms with Gasteiger partial charge in [0.1, 0.15) is 0 Å². The van der Waals surface area contributed by atoms with Crippen LogP contribution in [0.3, 0.4) is 0 Å². The van der Waals surface area contributed by atoms with Gasteiger partial charge in [0.2, 0.25) is 11.8 Å². The summed E-state index contributed by atoms with van der Waals surface area (Å²) in [7, 11) is 2.85. The second kappa shape index (κ2) is 5.60. The predicted octanol–water partition coefficient (Wildman–Crippen LogP) is 2.45. The molecule has 0 aliphatic rings. The summed E-state index contributed by atoms with van der Waals surface area (Å²) in [6, 6.07) is 9.07. The fourth-order valence-electron chi connectivity index (χ4n) is 5.66. The fraction of sp³-hybridized carbons (Fsp3) is 0.0769. The largest absolute Gasteiger partial charge is 0.494 e. The Labute approximate surface area is 187 Å². The Morgan fingerprint density at radius 1 is 0.500 bits per heavy atom. The fourth-order valence-corrected chi connectivity index (χ4v) is 5.66. The number of aromatic nitrogens is 2. The molecule has 0 fully saturated rings. The summed E-state index contributed by atoms with van der Waals surface area (Å²) in [6.07, 6.45) is 0. The summed E-state index contributed by atoms with van der Waals surface area (Å²) < 4.78 is 2.17. The topological polar surface area (TPSA) is 119 Å². The van der Waals surface area contributed by atoms with Crippen LogP contribution in [0.4, 0.5) is 0 Å². The number of rotatable bonds is 0. The maximum atomic E-state index is 13.4. The molecular weight excluding hydrogens is 436 g/mol. The van der Waals surface area contributed by atoms with Crippen LogP contribution in [0, 0.1) is 0 Å². The Bertz CT molecular complexity index is 2130. The van der Waals surface area contributed by atoms with E-state index in [9.17, 15) is 29.4 Å². The first kappa shape index (κ1) is 18.8. The smallest absolute Gasteiger partial charge is 0.261 e. The van der Waals surface area contributed by atoms with Crippen molar-refractivity contribution in [2.24, 2.45) is 14.1 Å². The first-order valence-corrected chi connectivity index (χ1v) is 10.5. The molecule has 2 heterocycles. The summed E-state index contributed by atoms with van der Waals surface area (Å²) in [5.74, 6) is -0.472. The van der Waals surface area contributed by atoms with Gasteiger partial charge in [0.15, 0.2) is 10.9 Å². The van der Waals surface area contributed by atoms with Crippen LogP contribution in [0.15, 0.2) is 55.6 Å². The maximum Gasteiger partial charge on any atom is 0.261 e. The summed E-state index contributed by atoms with van der Waals surface area (Å²) in [6.45, 7) is 0. The molecule has 0 aliphatic heterocycles. The lowest BCUT2D eigenvalue weighted by atomic mass is 9.85. The lowest BCUT2D eigenvalue weighted by Gasteiger charge is -2.18. The highest BCUT2D eigenvalue weighted by atomic mass is 16.3. The van der Waals surface area contributed by atoms with Crippen molar-refractivity contribution in [3.05, 3.63) is 77.6 Å². The van der Waals surface area contributed by atoms with Crippen LogP contribution in [0.25, 0.3) is 64.6 Å². The van der Waals surface area contributed by atoms with Crippen molar-refractivity contribution >= 4 is 64.6 Å². The first-order valence-electron chi connectivity index (χ1n) is 10.5. The van der Waals surface area contributed by atoms with Gasteiger partial charge in [0.05, 0.1) is 10.8 Å². The molecule has 8 nitrogen and oxygen atoms in total. The van der Waals surface area contributed by atoms with E-state index in [2.05, 4.69) is 0 Å². The molecule has 0 bridgehead atoms. The molecule has 0 saturated heterocycles. The summed E-state index contributed by atoms with van der Waals surface area (Å²) in [5, 5.41) is 25.6. The molecule has 0 amide bonds. The molecule has 0 atom stereocenters. The Balaban J connectivity index is 1.97. The van der Waals surface area contributed by atoms with Gasteiger partial charge >= 0.3 is 0 Å². The summed E-state index contributed by atoms with van der Waals surface area (Å²) in [5.41, 5.74) is -1.85. The third-order valence-electron chi connectivity index (χ3n) is 7.22. The van der Waals surface area contributed by atoms with Gasteiger partial charge in [-0.3, -0.25) is 28.3 Å². The molecule has 7 rings (SSSR count). The lowest BCUT2D eigenvalue weighted by Crippen LogP contribution is -2.20. The van der Waals surface area contributed by atoms with Gasteiger partial charge in [-0.05, 0) is 35.0 Å². The van der Waals surface area contributed by atoms with Gasteiger partial charge in [0.25, 0.3) is 11.1 Å². The molecule has 2 N–H and O–H groups in total. The van der Waals surface area contributed by atoms with Gasteiger partial charge < -0.3 is 10.2 Å². The number of fused-ring (bicyclic) bond motifs is 2. The lowest BCUT2D eigenvalue weighted by molar-refractivity contribution is 0.431. The zero-order valence-electron chi connectivity index (χ0n) is 17.9. The van der Waals surface area contributed by atoms with E-state index in [0.717, 1.165) is 9.13 Å². The van der Waals surface area contributed by atoms with Crippen molar-refractivity contribution in [2.45, 2.75) is 0 Å². The van der Waals surface area contributed by atoms with E-state index in [0.29, 0.717) is 53.9 Å². The van der Waals surface area contributed by atoms with E-state index in [4.69, 9.17) is 0 Å². The normalized spacial score (nSPS) is 12.5. The Kier molecular flexibility index (Phi) is 3.10. The molecule has 164 valence electrons. The van der Waals surface area contributed by atoms with Gasteiger partial charge in [-0.1, -0.05) is 12.1 Å². The van der Waals surface area contributed by atoms with Crippen molar-refractivity contribution in [2.75, 3.05) is 0 Å². The second-order valence-electron chi connectivity index (χ2n) is 8.79. The molecule has 7 aromatic rings. The average Bonchev–Trinajstić information content (AvgIpc) is 2.83. The van der Waals surface area contributed by atoms with Crippen molar-refractivity contribution < 1.29 is 10.2 Å². The third-order valence-corrected chi connectivity index (χ3v) is 7.22. The van der Waals surface area contributed by atoms with E-state index >= 15 is 0 Å². The molecule has 0 saturated carbocycles. The first-order chi connectivity index (χ1) is 16.2. The van der Waals surface area contributed by atoms with E-state index in [1.807, 2.05) is 0 Å². The number of hydrogen-bond donors (Lipinski definition) is 2. The van der Waals surface area contributed by atoms with Gasteiger partial charge in [-0.25, -0.2) is 0 Å². The third kappa shape index (κ3) is 1.84. The SMILES string of the molecule is Cn1c(O)c2ccc3c4c(=O)cc5c(=O)n(C)c(O)c6ccc(c7c(=O)cc(c1=O)c2c37)c4c65. The minimum atomic E-state index is -0.516. The number of nitrogens with zero attached hydrogens (tertiary/aromatic N) is 2. The van der Waals surface area contributed by atoms with Crippen LogP contribution in [0.5, 0.6) is 11.8 Å². The number of pyridine rings is 2. The molecule has 2 aromatic heterocycles. The number of aromatic hydroxyl groups is 2.